The summed E-state index contributed by atoms with van der Waals surface area (Å²) in [6.45, 7) is 4.56. The predicted molar refractivity (Wildman–Crippen MR) is 83.4 cm³/mol. The van der Waals surface area contributed by atoms with E-state index in [2.05, 4.69) is 10.1 Å². The first-order chi connectivity index (χ1) is 10.2. The molecule has 1 aromatic carbocycles. The highest BCUT2D eigenvalue weighted by atomic mass is 32.1. The van der Waals surface area contributed by atoms with Crippen molar-refractivity contribution in [3.63, 3.8) is 0 Å². The Kier molecular flexibility index (Phi) is 3.62. The molecule has 0 amide bonds. The quantitative estimate of drug-likeness (QED) is 0.794. The van der Waals surface area contributed by atoms with Crippen LogP contribution in [-0.2, 0) is 0 Å². The summed E-state index contributed by atoms with van der Waals surface area (Å²) < 4.78 is 10.8. The van der Waals surface area contributed by atoms with Crippen molar-refractivity contribution in [1.82, 2.24) is 10.1 Å². The first-order valence-electron chi connectivity index (χ1n) is 6.60. The van der Waals surface area contributed by atoms with E-state index in [0.717, 1.165) is 21.8 Å². The zero-order chi connectivity index (χ0) is 14.8. The normalized spacial score (nSPS) is 10.8. The van der Waals surface area contributed by atoms with Gasteiger partial charge in [0.1, 0.15) is 5.75 Å². The lowest BCUT2D eigenvalue weighted by Gasteiger charge is -2.02. The Hall–Kier alpha value is -2.34. The third-order valence-electron chi connectivity index (χ3n) is 2.94. The first-order valence-corrected chi connectivity index (χ1v) is 7.42. The van der Waals surface area contributed by atoms with Crippen molar-refractivity contribution in [3.8, 4) is 28.6 Å². The number of thiophene rings is 1. The lowest BCUT2D eigenvalue weighted by atomic mass is 10.2. The monoisotopic (exact) mass is 301 g/mol. The largest absolute Gasteiger partial charge is 0.494 e. The van der Waals surface area contributed by atoms with Crippen LogP contribution in [-0.4, -0.2) is 16.7 Å². The molecule has 0 aliphatic heterocycles. The second-order valence-electron chi connectivity index (χ2n) is 4.52. The van der Waals surface area contributed by atoms with E-state index in [1.807, 2.05) is 44.2 Å². The maximum atomic E-state index is 5.96. The second kappa shape index (κ2) is 5.57. The highest BCUT2D eigenvalue weighted by Gasteiger charge is 2.15. The van der Waals surface area contributed by atoms with E-state index in [4.69, 9.17) is 15.0 Å². The van der Waals surface area contributed by atoms with Gasteiger partial charge >= 0.3 is 0 Å². The molecule has 0 spiro atoms. The SMILES string of the molecule is CCOc1cccc(-c2noc(-c3cc(C)sc3N)n2)c1. The van der Waals surface area contributed by atoms with Gasteiger partial charge in [-0.05, 0) is 32.0 Å². The molecule has 0 radical (unpaired) electrons. The van der Waals surface area contributed by atoms with E-state index >= 15 is 0 Å². The van der Waals surface area contributed by atoms with Crippen LogP contribution in [0.3, 0.4) is 0 Å². The maximum Gasteiger partial charge on any atom is 0.261 e. The lowest BCUT2D eigenvalue weighted by Crippen LogP contribution is -1.91. The van der Waals surface area contributed by atoms with Crippen LogP contribution in [0.1, 0.15) is 11.8 Å². The van der Waals surface area contributed by atoms with Crippen molar-refractivity contribution in [2.45, 2.75) is 13.8 Å². The van der Waals surface area contributed by atoms with E-state index < -0.39 is 0 Å². The molecule has 108 valence electrons. The van der Waals surface area contributed by atoms with Gasteiger partial charge in [0.25, 0.3) is 5.89 Å². The third-order valence-corrected chi connectivity index (χ3v) is 3.82. The summed E-state index contributed by atoms with van der Waals surface area (Å²) in [4.78, 5) is 5.53. The zero-order valence-electron chi connectivity index (χ0n) is 11.8. The summed E-state index contributed by atoms with van der Waals surface area (Å²) in [7, 11) is 0. The average Bonchev–Trinajstić information content (AvgIpc) is 3.06. The minimum atomic E-state index is 0.439. The highest BCUT2D eigenvalue weighted by Crippen LogP contribution is 2.33. The number of benzene rings is 1. The molecule has 2 N–H and O–H groups in total. The van der Waals surface area contributed by atoms with Crippen molar-refractivity contribution < 1.29 is 9.26 Å². The fourth-order valence-corrected chi connectivity index (χ4v) is 2.82. The Balaban J connectivity index is 1.95. The highest BCUT2D eigenvalue weighted by molar-refractivity contribution is 7.16. The van der Waals surface area contributed by atoms with Gasteiger partial charge in [0, 0.05) is 10.4 Å². The van der Waals surface area contributed by atoms with Crippen LogP contribution in [0.15, 0.2) is 34.9 Å². The third kappa shape index (κ3) is 2.75. The molecule has 3 rings (SSSR count). The van der Waals surface area contributed by atoms with Crippen LogP contribution in [0, 0.1) is 6.92 Å². The molecule has 0 bridgehead atoms. The standard InChI is InChI=1S/C15H15N3O2S/c1-3-19-11-6-4-5-10(8-11)14-17-15(20-18-14)12-7-9(2)21-13(12)16/h4-8H,3,16H2,1-2H3. The smallest absolute Gasteiger partial charge is 0.261 e. The summed E-state index contributed by atoms with van der Waals surface area (Å²) >= 11 is 1.51. The Labute approximate surface area is 126 Å². The van der Waals surface area contributed by atoms with Crippen LogP contribution < -0.4 is 10.5 Å². The molecule has 0 atom stereocenters. The Bertz CT molecular complexity index is 764. The van der Waals surface area contributed by atoms with Gasteiger partial charge in [0.15, 0.2) is 0 Å². The van der Waals surface area contributed by atoms with E-state index in [0.29, 0.717) is 23.3 Å². The zero-order valence-corrected chi connectivity index (χ0v) is 12.6. The van der Waals surface area contributed by atoms with Crippen LogP contribution >= 0.6 is 11.3 Å². The number of aromatic nitrogens is 2. The molecule has 0 fully saturated rings. The fraction of sp³-hybridized carbons (Fsp3) is 0.200. The molecule has 0 aliphatic rings. The van der Waals surface area contributed by atoms with Crippen molar-refractivity contribution in [3.05, 3.63) is 35.2 Å². The molecule has 2 heterocycles. The van der Waals surface area contributed by atoms with Crippen LogP contribution in [0.4, 0.5) is 5.00 Å². The summed E-state index contributed by atoms with van der Waals surface area (Å²) in [6.07, 6.45) is 0. The van der Waals surface area contributed by atoms with Crippen LogP contribution in [0.2, 0.25) is 0 Å². The number of hydrogen-bond acceptors (Lipinski definition) is 6. The summed E-state index contributed by atoms with van der Waals surface area (Å²) in [5, 5.41) is 4.71. The summed E-state index contributed by atoms with van der Waals surface area (Å²) in [5.41, 5.74) is 7.59. The van der Waals surface area contributed by atoms with Gasteiger partial charge in [-0.25, -0.2) is 0 Å². The Morgan fingerprint density at radius 3 is 2.90 bits per heavy atom. The van der Waals surface area contributed by atoms with Gasteiger partial charge in [0.05, 0.1) is 17.2 Å². The second-order valence-corrected chi connectivity index (χ2v) is 5.81. The number of nitrogens with zero attached hydrogens (tertiary/aromatic N) is 2. The van der Waals surface area contributed by atoms with Gasteiger partial charge in [-0.15, -0.1) is 11.3 Å². The van der Waals surface area contributed by atoms with E-state index in [9.17, 15) is 0 Å². The molecule has 0 unspecified atom stereocenters. The Morgan fingerprint density at radius 2 is 2.19 bits per heavy atom. The number of aryl methyl sites for hydroxylation is 1. The van der Waals surface area contributed by atoms with Gasteiger partial charge < -0.3 is 15.0 Å². The van der Waals surface area contributed by atoms with E-state index in [1.54, 1.807) is 0 Å². The fourth-order valence-electron chi connectivity index (χ4n) is 2.04. The van der Waals surface area contributed by atoms with Crippen LogP contribution in [0.5, 0.6) is 5.75 Å². The van der Waals surface area contributed by atoms with Crippen molar-refractivity contribution >= 4 is 16.3 Å². The lowest BCUT2D eigenvalue weighted by molar-refractivity contribution is 0.340. The number of rotatable bonds is 4. The molecule has 0 saturated carbocycles. The van der Waals surface area contributed by atoms with Gasteiger partial charge in [-0.1, -0.05) is 17.3 Å². The molecule has 21 heavy (non-hydrogen) atoms. The minimum Gasteiger partial charge on any atom is -0.494 e. The molecular formula is C15H15N3O2S. The summed E-state index contributed by atoms with van der Waals surface area (Å²) in [6, 6.07) is 9.56. The molecule has 0 aliphatic carbocycles. The average molecular weight is 301 g/mol. The van der Waals surface area contributed by atoms with Gasteiger partial charge in [0.2, 0.25) is 5.82 Å². The molecule has 0 saturated heterocycles. The molecular weight excluding hydrogens is 286 g/mol. The van der Waals surface area contributed by atoms with Crippen molar-refractivity contribution in [2.24, 2.45) is 0 Å². The predicted octanol–water partition coefficient (Wildman–Crippen LogP) is 3.75. The first kappa shape index (κ1) is 13.6. The maximum absolute atomic E-state index is 5.96. The number of nitrogens with two attached hydrogens (primary N) is 1. The number of anilines is 1. The molecule has 6 heteroatoms. The van der Waals surface area contributed by atoms with Gasteiger partial charge in [-0.2, -0.15) is 4.98 Å². The number of hydrogen-bond donors (Lipinski definition) is 1. The molecule has 3 aromatic rings. The number of ether oxygens (including phenoxy) is 1. The van der Waals surface area contributed by atoms with E-state index in [-0.39, 0.29) is 0 Å². The van der Waals surface area contributed by atoms with Crippen molar-refractivity contribution in [1.29, 1.82) is 0 Å². The summed E-state index contributed by atoms with van der Waals surface area (Å²) in [5.74, 6) is 1.75. The van der Waals surface area contributed by atoms with Gasteiger partial charge in [-0.3, -0.25) is 0 Å². The topological polar surface area (TPSA) is 74.2 Å². The number of nitrogen functional groups attached to an aromatic ring is 1. The van der Waals surface area contributed by atoms with E-state index in [1.165, 1.54) is 11.3 Å². The Morgan fingerprint density at radius 1 is 1.33 bits per heavy atom. The van der Waals surface area contributed by atoms with Crippen LogP contribution in [0.25, 0.3) is 22.8 Å². The molecule has 5 nitrogen and oxygen atoms in total. The minimum absolute atomic E-state index is 0.439. The molecule has 2 aromatic heterocycles. The van der Waals surface area contributed by atoms with Crippen molar-refractivity contribution in [2.75, 3.05) is 12.3 Å².